The van der Waals surface area contributed by atoms with Crippen molar-refractivity contribution in [2.75, 3.05) is 10.2 Å². The smallest absolute Gasteiger partial charge is 0.280 e. The number of hydrogen-bond donors (Lipinski definition) is 1. The molecule has 7 nitrogen and oxygen atoms in total. The molecule has 3 aromatic rings. The molecule has 2 aromatic carbocycles. The molecule has 0 radical (unpaired) electrons. The second-order valence-electron chi connectivity index (χ2n) is 8.30. The molecule has 6 rings (SSSR count). The zero-order valence-corrected chi connectivity index (χ0v) is 17.4. The number of amides is 1. The summed E-state index contributed by atoms with van der Waals surface area (Å²) >= 11 is 0. The van der Waals surface area contributed by atoms with Crippen LogP contribution in [-0.2, 0) is 4.89 Å². The van der Waals surface area contributed by atoms with Crippen LogP contribution in [0.5, 0.6) is 5.75 Å². The quantitative estimate of drug-likeness (QED) is 0.520. The zero-order valence-electron chi connectivity index (χ0n) is 17.4. The normalized spacial score (nSPS) is 23.4. The maximum absolute atomic E-state index is 13.2. The van der Waals surface area contributed by atoms with E-state index in [0.717, 1.165) is 42.6 Å². The second kappa shape index (κ2) is 7.76. The van der Waals surface area contributed by atoms with Crippen molar-refractivity contribution in [1.29, 1.82) is 0 Å². The first kappa shape index (κ1) is 19.0. The van der Waals surface area contributed by atoms with Crippen LogP contribution >= 0.6 is 0 Å². The van der Waals surface area contributed by atoms with Crippen LogP contribution in [0.25, 0.3) is 11.3 Å². The Kier molecular flexibility index (Phi) is 4.61. The SMILES string of the molecule is O=C1/N=C2\Nc3ccccc3N2[C@@H]2CCC[C@@H](C2)OOc2ccccc2-c2cc1ccn2. The molecule has 7 heteroatoms. The predicted molar refractivity (Wildman–Crippen MR) is 122 cm³/mol. The molecule has 3 aliphatic rings. The van der Waals surface area contributed by atoms with Crippen LogP contribution in [-0.4, -0.2) is 29.0 Å². The van der Waals surface area contributed by atoms with E-state index in [9.17, 15) is 4.79 Å². The van der Waals surface area contributed by atoms with Crippen molar-refractivity contribution < 1.29 is 14.6 Å². The number of fused-ring (bicyclic) bond motifs is 10. The van der Waals surface area contributed by atoms with Crippen LogP contribution in [0, 0.1) is 0 Å². The van der Waals surface area contributed by atoms with Gasteiger partial charge >= 0.3 is 0 Å². The molecule has 3 heterocycles. The molecule has 2 aliphatic heterocycles. The average Bonchev–Trinajstić information content (AvgIpc) is 3.20. The van der Waals surface area contributed by atoms with Crippen LogP contribution in [0.4, 0.5) is 11.4 Å². The summed E-state index contributed by atoms with van der Waals surface area (Å²) in [5, 5.41) is 3.34. The molecule has 0 spiro atoms. The van der Waals surface area contributed by atoms with E-state index in [0.29, 0.717) is 23.0 Å². The summed E-state index contributed by atoms with van der Waals surface area (Å²) in [7, 11) is 0. The molecule has 1 N–H and O–H groups in total. The van der Waals surface area contributed by atoms with Gasteiger partial charge in [0.15, 0.2) is 5.75 Å². The van der Waals surface area contributed by atoms with Crippen molar-refractivity contribution in [3.05, 3.63) is 72.4 Å². The summed E-state index contributed by atoms with van der Waals surface area (Å²) in [5.74, 6) is 0.827. The third kappa shape index (κ3) is 3.31. The summed E-state index contributed by atoms with van der Waals surface area (Å²) in [5.41, 5.74) is 3.85. The first-order chi connectivity index (χ1) is 15.8. The highest BCUT2D eigenvalue weighted by Crippen LogP contribution is 2.38. The first-order valence-corrected chi connectivity index (χ1v) is 10.9. The molecule has 160 valence electrons. The topological polar surface area (TPSA) is 76.1 Å². The monoisotopic (exact) mass is 426 g/mol. The lowest BCUT2D eigenvalue weighted by Gasteiger charge is -2.35. The molecule has 1 amide bonds. The van der Waals surface area contributed by atoms with Crippen LogP contribution in [0.1, 0.15) is 36.0 Å². The van der Waals surface area contributed by atoms with Crippen molar-refractivity contribution in [1.82, 2.24) is 4.98 Å². The number of nitrogens with one attached hydrogen (secondary N) is 1. The van der Waals surface area contributed by atoms with Crippen molar-refractivity contribution in [2.24, 2.45) is 4.99 Å². The number of rotatable bonds is 0. The third-order valence-electron chi connectivity index (χ3n) is 6.25. The molecular formula is C25H22N4O3. The Morgan fingerprint density at radius 2 is 1.91 bits per heavy atom. The average molecular weight is 426 g/mol. The zero-order chi connectivity index (χ0) is 21.5. The summed E-state index contributed by atoms with van der Waals surface area (Å²) in [6.07, 6.45) is 5.24. The Bertz CT molecular complexity index is 1230. The van der Waals surface area contributed by atoms with Gasteiger partial charge in [-0.15, -0.1) is 0 Å². The van der Waals surface area contributed by atoms with Gasteiger partial charge in [-0.25, -0.2) is 0 Å². The number of aliphatic imine (C=N–C) groups is 1. The Morgan fingerprint density at radius 1 is 1.03 bits per heavy atom. The molecule has 0 saturated heterocycles. The fourth-order valence-electron chi connectivity index (χ4n) is 4.72. The van der Waals surface area contributed by atoms with E-state index in [1.165, 1.54) is 0 Å². The number of para-hydroxylation sites is 3. The Balaban J connectivity index is 1.48. The summed E-state index contributed by atoms with van der Waals surface area (Å²) < 4.78 is 0. The second-order valence-corrected chi connectivity index (χ2v) is 8.30. The Morgan fingerprint density at radius 3 is 2.88 bits per heavy atom. The molecule has 1 aliphatic carbocycles. The van der Waals surface area contributed by atoms with Crippen LogP contribution in [0.15, 0.2) is 71.9 Å². The van der Waals surface area contributed by atoms with E-state index in [1.54, 1.807) is 18.3 Å². The van der Waals surface area contributed by atoms with Crippen LogP contribution < -0.4 is 15.1 Å². The lowest BCUT2D eigenvalue weighted by Crippen LogP contribution is -2.44. The van der Waals surface area contributed by atoms with Gasteiger partial charge < -0.3 is 15.1 Å². The van der Waals surface area contributed by atoms with Gasteiger partial charge in [-0.05, 0) is 62.1 Å². The number of aromatic nitrogens is 1. The van der Waals surface area contributed by atoms with Gasteiger partial charge in [-0.3, -0.25) is 9.78 Å². The third-order valence-corrected chi connectivity index (χ3v) is 6.25. The first-order valence-electron chi connectivity index (χ1n) is 10.9. The number of benzene rings is 2. The summed E-state index contributed by atoms with van der Waals surface area (Å²) in [6, 6.07) is 19.2. The van der Waals surface area contributed by atoms with Gasteiger partial charge in [0.2, 0.25) is 5.96 Å². The number of carbonyl (C=O) groups is 1. The highest BCUT2D eigenvalue weighted by molar-refractivity contribution is 6.19. The van der Waals surface area contributed by atoms with E-state index in [1.807, 2.05) is 42.5 Å². The van der Waals surface area contributed by atoms with Crippen molar-refractivity contribution in [3.8, 4) is 17.0 Å². The Hall–Kier alpha value is -3.71. The number of pyridine rings is 1. The van der Waals surface area contributed by atoms with E-state index in [-0.39, 0.29) is 18.1 Å². The number of hydrogen-bond acceptors (Lipinski definition) is 6. The molecule has 4 bridgehead atoms. The van der Waals surface area contributed by atoms with Gasteiger partial charge in [0.1, 0.15) is 6.10 Å². The van der Waals surface area contributed by atoms with Gasteiger partial charge in [0, 0.05) is 23.4 Å². The number of carbonyl (C=O) groups excluding carboxylic acids is 1. The minimum Gasteiger partial charge on any atom is -0.337 e. The van der Waals surface area contributed by atoms with Gasteiger partial charge in [-0.2, -0.15) is 9.88 Å². The maximum Gasteiger partial charge on any atom is 0.280 e. The summed E-state index contributed by atoms with van der Waals surface area (Å²) in [4.78, 5) is 36.1. The van der Waals surface area contributed by atoms with Gasteiger partial charge in [0.05, 0.1) is 17.1 Å². The largest absolute Gasteiger partial charge is 0.337 e. The molecule has 1 fully saturated rings. The molecule has 1 aromatic heterocycles. The minimum atomic E-state index is -0.312. The molecular weight excluding hydrogens is 404 g/mol. The fraction of sp³-hybridized carbons (Fsp3) is 0.240. The van der Waals surface area contributed by atoms with E-state index >= 15 is 0 Å². The van der Waals surface area contributed by atoms with Gasteiger partial charge in [0.25, 0.3) is 5.91 Å². The minimum absolute atomic E-state index is 0.0613. The van der Waals surface area contributed by atoms with E-state index in [4.69, 9.17) is 9.78 Å². The van der Waals surface area contributed by atoms with Crippen LogP contribution in [0.3, 0.4) is 0 Å². The lowest BCUT2D eigenvalue weighted by molar-refractivity contribution is -0.251. The number of nitrogens with zero attached hydrogens (tertiary/aromatic N) is 3. The number of anilines is 2. The van der Waals surface area contributed by atoms with Crippen molar-refractivity contribution in [3.63, 3.8) is 0 Å². The van der Waals surface area contributed by atoms with Gasteiger partial charge in [-0.1, -0.05) is 24.3 Å². The molecule has 1 saturated carbocycles. The molecule has 32 heavy (non-hydrogen) atoms. The fourth-order valence-corrected chi connectivity index (χ4v) is 4.72. The highest BCUT2D eigenvalue weighted by atomic mass is 17.2. The predicted octanol–water partition coefficient (Wildman–Crippen LogP) is 4.81. The molecule has 0 unspecified atom stereocenters. The van der Waals surface area contributed by atoms with Crippen molar-refractivity contribution >= 4 is 23.2 Å². The lowest BCUT2D eigenvalue weighted by atomic mass is 9.91. The van der Waals surface area contributed by atoms with Crippen LogP contribution in [0.2, 0.25) is 0 Å². The maximum atomic E-state index is 13.2. The van der Waals surface area contributed by atoms with E-state index < -0.39 is 0 Å². The summed E-state index contributed by atoms with van der Waals surface area (Å²) in [6.45, 7) is 0. The standard InChI is InChI=1S/C25H22N4O3/c30-24-16-12-13-26-21(14-16)19-8-1-4-11-23(19)32-31-18-7-5-6-17(15-18)29-22-10-3-2-9-20(22)27-25(29)28-24/h1-4,8-14,17-18H,5-7,15H2,(H,27,28,30)/t17-,18+/m1/s1. The van der Waals surface area contributed by atoms with E-state index in [2.05, 4.69) is 26.3 Å². The molecule has 2 atom stereocenters. The Labute approximate surface area is 185 Å². The highest BCUT2D eigenvalue weighted by Gasteiger charge is 2.36. The van der Waals surface area contributed by atoms with Crippen molar-refractivity contribution in [2.45, 2.75) is 37.8 Å². The number of guanidine groups is 1.